The number of hydrogen-bond acceptors (Lipinski definition) is 1. The second kappa shape index (κ2) is 45.0. The number of benzene rings is 1. The topological polar surface area (TPSA) is 20.2 Å². The Kier molecular flexibility index (Phi) is 116. The molecule has 1 aromatic carbocycles. The maximum absolute atomic E-state index is 7.00. The van der Waals surface area contributed by atoms with E-state index in [2.05, 4.69) is 65.0 Å². The van der Waals surface area contributed by atoms with E-state index in [1.807, 2.05) is 27.7 Å². The van der Waals surface area contributed by atoms with Gasteiger partial charge in [0.2, 0.25) is 0 Å². The Labute approximate surface area is 314 Å². The zero-order valence-electron chi connectivity index (χ0n) is 20.1. The molecule has 151 valence electrons. The van der Waals surface area contributed by atoms with E-state index in [0.29, 0.717) is 5.41 Å². The number of aliphatic hydroxyl groups is 1. The van der Waals surface area contributed by atoms with Gasteiger partial charge in [-0.15, -0.1) is 0 Å². The van der Waals surface area contributed by atoms with E-state index < -0.39 is 0 Å². The van der Waals surface area contributed by atoms with Crippen LogP contribution in [0.5, 0.6) is 0 Å². The van der Waals surface area contributed by atoms with E-state index in [4.69, 9.17) is 5.11 Å². The fourth-order valence-electron chi connectivity index (χ4n) is 1.29. The zero-order valence-corrected chi connectivity index (χ0v) is 37.3. The molecule has 1 N–H and O–H groups in total. The molecule has 0 spiro atoms. The molecule has 27 heavy (non-hydrogen) atoms. The van der Waals surface area contributed by atoms with Crippen molar-refractivity contribution in [2.45, 2.75) is 67.7 Å². The van der Waals surface area contributed by atoms with Gasteiger partial charge in [0.25, 0.3) is 0 Å². The van der Waals surface area contributed by atoms with Crippen LogP contribution in [0.1, 0.15) is 67.9 Å². The second-order valence-corrected chi connectivity index (χ2v) is 5.24. The molecule has 5 radical (unpaired) electrons. The molecule has 0 aliphatic carbocycles. The van der Waals surface area contributed by atoms with Gasteiger partial charge in [-0.05, 0) is 16.4 Å². The first kappa shape index (κ1) is 69.8. The van der Waals surface area contributed by atoms with Crippen molar-refractivity contribution < 1.29 is 190 Å². The van der Waals surface area contributed by atoms with Crippen LogP contribution in [0, 0.1) is 20.3 Å². The Bertz CT molecular complexity index is 292. The Morgan fingerprint density at radius 1 is 0.593 bits per heavy atom. The summed E-state index contributed by atoms with van der Waals surface area (Å²) in [4.78, 5) is 0. The van der Waals surface area contributed by atoms with Gasteiger partial charge in [-0.2, -0.15) is 0 Å². The summed E-state index contributed by atoms with van der Waals surface area (Å²) < 4.78 is 0. The minimum atomic E-state index is 0. The van der Waals surface area contributed by atoms with Crippen LogP contribution in [-0.2, 0) is 190 Å². The molecule has 0 aliphatic rings. The molecule has 0 aromatic heterocycles. The van der Waals surface area contributed by atoms with Gasteiger partial charge in [-0.3, -0.25) is 0 Å². The van der Waals surface area contributed by atoms with Crippen LogP contribution in [-0.4, -0.2) is 12.2 Å². The first-order chi connectivity index (χ1) is 8.86. The van der Waals surface area contributed by atoms with Gasteiger partial charge in [0, 0.05) is 192 Å². The second-order valence-electron chi connectivity index (χ2n) is 5.24. The minimum absolute atomic E-state index is 0. The molecule has 0 fully saturated rings. The average molecular weight is 927 g/mol. The quantitative estimate of drug-likeness (QED) is 0.317. The van der Waals surface area contributed by atoms with Crippen LogP contribution >= 0.6 is 0 Å². The van der Waals surface area contributed by atoms with Crippen molar-refractivity contribution in [1.29, 1.82) is 0 Å². The molecule has 1 rings (SSSR count). The van der Waals surface area contributed by atoms with Crippen molar-refractivity contribution in [3.05, 3.63) is 50.7 Å². The van der Waals surface area contributed by atoms with Gasteiger partial charge in [-0.25, -0.2) is 0 Å². The van der Waals surface area contributed by atoms with Crippen molar-refractivity contribution >= 4 is 0 Å². The van der Waals surface area contributed by atoms with Gasteiger partial charge in [0.05, 0.1) is 0 Å². The normalized spacial score (nSPS) is 6.93. The fourth-order valence-corrected chi connectivity index (χ4v) is 1.29. The first-order valence-electron chi connectivity index (χ1n) is 7.36. The summed E-state index contributed by atoms with van der Waals surface area (Å²) in [7, 11) is 1.00. The van der Waals surface area contributed by atoms with Gasteiger partial charge in [0.1, 0.15) is 0 Å². The molecule has 1 aromatic rings. The van der Waals surface area contributed by atoms with Crippen LogP contribution in [0.3, 0.4) is 0 Å². The molecule has 0 saturated carbocycles. The minimum Gasteiger partial charge on any atom is -0.400 e. The van der Waals surface area contributed by atoms with E-state index in [9.17, 15) is 0 Å². The number of rotatable bonds is 1. The molecule has 0 heterocycles. The molecule has 1 nitrogen and oxygen atoms in total. The fraction of sp³-hybridized carbons (Fsp3) is 0.600. The third-order valence-electron chi connectivity index (χ3n) is 3.37. The van der Waals surface area contributed by atoms with Crippen LogP contribution in [0.2, 0.25) is 0 Å². The molecule has 0 unspecified atom stereocenters. The zero-order chi connectivity index (χ0) is 16.1. The summed E-state index contributed by atoms with van der Waals surface area (Å²) in [5.41, 5.74) is 1.95. The molecular weight excluding hydrogens is 885 g/mol. The number of hydrogen-bond donors (Lipinski definition) is 1. The Balaban J connectivity index is -0.0000000186. The Morgan fingerprint density at radius 2 is 0.815 bits per heavy atom. The summed E-state index contributed by atoms with van der Waals surface area (Å²) in [5.74, 6) is 0. The van der Waals surface area contributed by atoms with E-state index in [1.54, 1.807) is 0 Å². The van der Waals surface area contributed by atoms with Gasteiger partial charge in [0.15, 0.2) is 0 Å². The predicted molar refractivity (Wildman–Crippen MR) is 103 cm³/mol. The molecule has 7 heteroatoms. The van der Waals surface area contributed by atoms with Crippen LogP contribution in [0.25, 0.3) is 0 Å². The molecule has 0 aliphatic heterocycles. The monoisotopic (exact) mass is 927 g/mol. The predicted octanol–water partition coefficient (Wildman–Crippen LogP) is 6.56. The summed E-state index contributed by atoms with van der Waals surface area (Å²) in [6.45, 7) is 19.5. The van der Waals surface area contributed by atoms with E-state index in [0.717, 1.165) is 7.11 Å². The summed E-state index contributed by atoms with van der Waals surface area (Å²) >= 11 is 0. The molecule has 0 atom stereocenters. The maximum Gasteiger partial charge on any atom is 0.0319 e. The maximum atomic E-state index is 7.00. The SMILES string of the molecule is CC.CC.CC(C)(C)C(C)(C)c1ccccc1.CO.[CH3-].[CH3-].[W].[Y].[Y].[Y].[Y].[Y]. The molecule has 0 amide bonds. The van der Waals surface area contributed by atoms with Crippen molar-refractivity contribution in [3.63, 3.8) is 0 Å². The average Bonchev–Trinajstić information content (AvgIpc) is 2.45. The summed E-state index contributed by atoms with van der Waals surface area (Å²) in [6.07, 6.45) is 0. The van der Waals surface area contributed by atoms with Gasteiger partial charge in [-0.1, -0.05) is 92.6 Å². The largest absolute Gasteiger partial charge is 0.400 e. The van der Waals surface area contributed by atoms with E-state index >= 15 is 0 Å². The van der Waals surface area contributed by atoms with E-state index in [1.165, 1.54) is 5.56 Å². The molecule has 0 saturated heterocycles. The van der Waals surface area contributed by atoms with Crippen molar-refractivity contribution in [2.75, 3.05) is 7.11 Å². The van der Waals surface area contributed by atoms with Crippen LogP contribution in [0.15, 0.2) is 30.3 Å². The smallest absolute Gasteiger partial charge is 0.0319 e. The van der Waals surface area contributed by atoms with Crippen molar-refractivity contribution in [3.8, 4) is 0 Å². The van der Waals surface area contributed by atoms with Gasteiger partial charge >= 0.3 is 0 Å². The Hall–Kier alpha value is 5.39. The Morgan fingerprint density at radius 3 is 1.00 bits per heavy atom. The number of aliphatic hydroxyl groups excluding tert-OH is 1. The third kappa shape index (κ3) is 33.6. The third-order valence-corrected chi connectivity index (χ3v) is 3.37. The standard InChI is InChI=1S/C13H20.2C2H6.CH4O.2CH3.W.5Y/c1-12(2,3)13(4,5)11-9-7-6-8-10-11;3*1-2;;;;;;;;/h6-10H,1-5H3;2*1-2H3;2H,1H3;2*1H3;;;;;;/q;;;;2*-1;;;;;;. The van der Waals surface area contributed by atoms with Crippen molar-refractivity contribution in [2.24, 2.45) is 5.41 Å². The summed E-state index contributed by atoms with van der Waals surface area (Å²) in [6, 6.07) is 10.7. The van der Waals surface area contributed by atoms with Gasteiger partial charge < -0.3 is 20.0 Å². The van der Waals surface area contributed by atoms with Crippen LogP contribution < -0.4 is 0 Å². The molecular formula is C20H42OWY5-2. The molecule has 0 bridgehead atoms. The van der Waals surface area contributed by atoms with Crippen LogP contribution in [0.4, 0.5) is 0 Å². The van der Waals surface area contributed by atoms with E-state index in [-0.39, 0.29) is 205 Å². The first-order valence-corrected chi connectivity index (χ1v) is 7.36. The summed E-state index contributed by atoms with van der Waals surface area (Å²) in [5, 5.41) is 7.00. The van der Waals surface area contributed by atoms with Crippen molar-refractivity contribution in [1.82, 2.24) is 0 Å².